The quantitative estimate of drug-likeness (QED) is 0.676. The van der Waals surface area contributed by atoms with Crippen molar-refractivity contribution in [3.63, 3.8) is 0 Å². The molecule has 1 aromatic carbocycles. The van der Waals surface area contributed by atoms with E-state index in [1.807, 2.05) is 30.3 Å². The van der Waals surface area contributed by atoms with E-state index in [2.05, 4.69) is 30.5 Å². The van der Waals surface area contributed by atoms with Crippen molar-refractivity contribution in [1.29, 1.82) is 0 Å². The van der Waals surface area contributed by atoms with Crippen LogP contribution in [0.2, 0.25) is 0 Å². The number of para-hydroxylation sites is 1. The summed E-state index contributed by atoms with van der Waals surface area (Å²) >= 11 is 0. The van der Waals surface area contributed by atoms with Crippen LogP contribution in [0.5, 0.6) is 0 Å². The smallest absolute Gasteiger partial charge is 0.270 e. The predicted molar refractivity (Wildman–Crippen MR) is 107 cm³/mol. The molecule has 1 fully saturated rings. The van der Waals surface area contributed by atoms with Gasteiger partial charge in [-0.3, -0.25) is 14.7 Å². The summed E-state index contributed by atoms with van der Waals surface area (Å²) in [5.41, 5.74) is 2.00. The number of anilines is 2. The van der Waals surface area contributed by atoms with Crippen LogP contribution in [0.15, 0.2) is 48.9 Å². The first-order chi connectivity index (χ1) is 13.8. The molecule has 8 nitrogen and oxygen atoms in total. The summed E-state index contributed by atoms with van der Waals surface area (Å²) in [5.74, 6) is 0.334. The maximum atomic E-state index is 12.4. The number of ether oxygens (including phenoxy) is 1. The standard InChI is InChI=1S/C20H22N6O2/c27-20(22-7-8-26-9-11-28-12-10-26)17-13-18(24-14-23-17)25-16-5-1-3-15-4-2-6-21-19(15)16/h1-6,13-14H,7-12H2,(H,22,27)(H,23,24,25). The molecule has 0 unspecified atom stereocenters. The number of carbonyl (C=O) groups is 1. The normalized spacial score (nSPS) is 14.7. The minimum Gasteiger partial charge on any atom is -0.379 e. The SMILES string of the molecule is O=C(NCCN1CCOCC1)c1cc(Nc2cccc3cccnc23)ncn1. The molecule has 28 heavy (non-hydrogen) atoms. The number of benzene rings is 1. The van der Waals surface area contributed by atoms with Gasteiger partial charge >= 0.3 is 0 Å². The maximum Gasteiger partial charge on any atom is 0.270 e. The van der Waals surface area contributed by atoms with Gasteiger partial charge in [0, 0.05) is 43.8 Å². The Morgan fingerprint density at radius 1 is 1.11 bits per heavy atom. The van der Waals surface area contributed by atoms with Crippen molar-refractivity contribution in [3.8, 4) is 0 Å². The highest BCUT2D eigenvalue weighted by molar-refractivity contribution is 5.94. The van der Waals surface area contributed by atoms with Crippen molar-refractivity contribution in [3.05, 3.63) is 54.6 Å². The average molecular weight is 378 g/mol. The molecule has 0 radical (unpaired) electrons. The topological polar surface area (TPSA) is 92.3 Å². The molecule has 3 aromatic rings. The first kappa shape index (κ1) is 18.3. The van der Waals surface area contributed by atoms with Crippen molar-refractivity contribution >= 4 is 28.3 Å². The number of nitrogens with zero attached hydrogens (tertiary/aromatic N) is 4. The van der Waals surface area contributed by atoms with E-state index in [1.54, 1.807) is 12.3 Å². The summed E-state index contributed by atoms with van der Waals surface area (Å²) in [6, 6.07) is 11.4. The van der Waals surface area contributed by atoms with Crippen molar-refractivity contribution in [2.24, 2.45) is 0 Å². The van der Waals surface area contributed by atoms with Gasteiger partial charge in [0.05, 0.1) is 24.4 Å². The third-order valence-electron chi connectivity index (χ3n) is 4.61. The van der Waals surface area contributed by atoms with Gasteiger partial charge in [-0.15, -0.1) is 0 Å². The molecule has 1 saturated heterocycles. The lowest BCUT2D eigenvalue weighted by molar-refractivity contribution is 0.0383. The van der Waals surface area contributed by atoms with Gasteiger partial charge < -0.3 is 15.4 Å². The van der Waals surface area contributed by atoms with Gasteiger partial charge in [0.25, 0.3) is 5.91 Å². The number of aromatic nitrogens is 3. The second-order valence-electron chi connectivity index (χ2n) is 6.50. The van der Waals surface area contributed by atoms with Gasteiger partial charge in [-0.1, -0.05) is 18.2 Å². The summed E-state index contributed by atoms with van der Waals surface area (Å²) < 4.78 is 5.33. The Bertz CT molecular complexity index is 953. The highest BCUT2D eigenvalue weighted by atomic mass is 16.5. The Labute approximate surface area is 163 Å². The monoisotopic (exact) mass is 378 g/mol. The summed E-state index contributed by atoms with van der Waals surface area (Å²) in [7, 11) is 0. The number of carbonyl (C=O) groups excluding carboxylic acids is 1. The third-order valence-corrected chi connectivity index (χ3v) is 4.61. The van der Waals surface area contributed by atoms with Gasteiger partial charge in [-0.05, 0) is 12.1 Å². The lowest BCUT2D eigenvalue weighted by Gasteiger charge is -2.26. The molecule has 0 aliphatic carbocycles. The number of nitrogens with one attached hydrogen (secondary N) is 2. The average Bonchev–Trinajstić information content (AvgIpc) is 2.75. The molecule has 144 valence electrons. The fourth-order valence-electron chi connectivity index (χ4n) is 3.14. The Morgan fingerprint density at radius 3 is 2.86 bits per heavy atom. The van der Waals surface area contributed by atoms with E-state index in [9.17, 15) is 4.79 Å². The lowest BCUT2D eigenvalue weighted by Crippen LogP contribution is -2.41. The fourth-order valence-corrected chi connectivity index (χ4v) is 3.14. The fraction of sp³-hybridized carbons (Fsp3) is 0.300. The van der Waals surface area contributed by atoms with Gasteiger partial charge in [0.1, 0.15) is 17.8 Å². The van der Waals surface area contributed by atoms with E-state index >= 15 is 0 Å². The maximum absolute atomic E-state index is 12.4. The number of pyridine rings is 1. The highest BCUT2D eigenvalue weighted by Gasteiger charge is 2.12. The zero-order valence-electron chi connectivity index (χ0n) is 15.5. The summed E-state index contributed by atoms with van der Waals surface area (Å²) in [4.78, 5) is 27.4. The van der Waals surface area contributed by atoms with Gasteiger partial charge in [0.2, 0.25) is 0 Å². The number of amides is 1. The first-order valence-corrected chi connectivity index (χ1v) is 9.31. The molecule has 1 aliphatic rings. The molecule has 2 aromatic heterocycles. The van der Waals surface area contributed by atoms with Crippen LogP contribution in [0.3, 0.4) is 0 Å². The zero-order valence-corrected chi connectivity index (χ0v) is 15.5. The molecule has 8 heteroatoms. The number of hydrogen-bond acceptors (Lipinski definition) is 7. The number of rotatable bonds is 6. The molecular weight excluding hydrogens is 356 g/mol. The van der Waals surface area contributed by atoms with Crippen molar-refractivity contribution < 1.29 is 9.53 Å². The van der Waals surface area contributed by atoms with Crippen LogP contribution < -0.4 is 10.6 Å². The number of fused-ring (bicyclic) bond motifs is 1. The van der Waals surface area contributed by atoms with Gasteiger partial charge in [-0.2, -0.15) is 0 Å². The van der Waals surface area contributed by atoms with E-state index < -0.39 is 0 Å². The molecule has 0 atom stereocenters. The summed E-state index contributed by atoms with van der Waals surface area (Å²) in [6.45, 7) is 4.66. The highest BCUT2D eigenvalue weighted by Crippen LogP contribution is 2.23. The second-order valence-corrected chi connectivity index (χ2v) is 6.50. The molecule has 0 saturated carbocycles. The minimum atomic E-state index is -0.213. The first-order valence-electron chi connectivity index (χ1n) is 9.31. The van der Waals surface area contributed by atoms with Crippen LogP contribution in [0.25, 0.3) is 10.9 Å². The Morgan fingerprint density at radius 2 is 1.96 bits per heavy atom. The van der Waals surface area contributed by atoms with Crippen molar-refractivity contribution in [2.75, 3.05) is 44.7 Å². The summed E-state index contributed by atoms with van der Waals surface area (Å²) in [5, 5.41) is 7.18. The lowest BCUT2D eigenvalue weighted by atomic mass is 10.2. The summed E-state index contributed by atoms with van der Waals surface area (Å²) in [6.07, 6.45) is 3.14. The molecule has 3 heterocycles. The van der Waals surface area contributed by atoms with Crippen LogP contribution >= 0.6 is 0 Å². The second kappa shape index (κ2) is 8.73. The predicted octanol–water partition coefficient (Wildman–Crippen LogP) is 1.83. The Hall–Kier alpha value is -3.10. The molecule has 1 amide bonds. The molecule has 0 spiro atoms. The third kappa shape index (κ3) is 4.41. The van der Waals surface area contributed by atoms with Crippen molar-refractivity contribution in [2.45, 2.75) is 0 Å². The van der Waals surface area contributed by atoms with E-state index in [4.69, 9.17) is 4.74 Å². The van der Waals surface area contributed by atoms with Crippen LogP contribution in [0.4, 0.5) is 11.5 Å². The Balaban J connectivity index is 1.40. The molecule has 1 aliphatic heterocycles. The van der Waals surface area contributed by atoms with Crippen LogP contribution in [0, 0.1) is 0 Å². The zero-order chi connectivity index (χ0) is 19.2. The van der Waals surface area contributed by atoms with Crippen LogP contribution in [-0.4, -0.2) is 65.2 Å². The molecule has 0 bridgehead atoms. The van der Waals surface area contributed by atoms with E-state index in [1.165, 1.54) is 6.33 Å². The van der Waals surface area contributed by atoms with Crippen LogP contribution in [-0.2, 0) is 4.74 Å². The molecule has 2 N–H and O–H groups in total. The number of morpholine rings is 1. The van der Waals surface area contributed by atoms with Gasteiger partial charge in [-0.25, -0.2) is 9.97 Å². The molecule has 4 rings (SSSR count). The largest absolute Gasteiger partial charge is 0.379 e. The Kier molecular flexibility index (Phi) is 5.69. The van der Waals surface area contributed by atoms with E-state index in [0.717, 1.165) is 49.4 Å². The van der Waals surface area contributed by atoms with E-state index in [0.29, 0.717) is 18.1 Å². The number of hydrogen-bond donors (Lipinski definition) is 2. The molecular formula is C20H22N6O2. The van der Waals surface area contributed by atoms with E-state index in [-0.39, 0.29) is 5.91 Å². The van der Waals surface area contributed by atoms with Crippen molar-refractivity contribution in [1.82, 2.24) is 25.2 Å². The van der Waals surface area contributed by atoms with Gasteiger partial charge in [0.15, 0.2) is 0 Å². The minimum absolute atomic E-state index is 0.213. The van der Waals surface area contributed by atoms with Crippen LogP contribution in [0.1, 0.15) is 10.5 Å².